The molecule has 0 unspecified atom stereocenters. The molecule has 0 bridgehead atoms. The van der Waals surface area contributed by atoms with Crippen molar-refractivity contribution in [3.63, 3.8) is 0 Å². The normalized spacial score (nSPS) is 27.5. The van der Waals surface area contributed by atoms with Gasteiger partial charge in [-0.3, -0.25) is 0 Å². The second-order valence-corrected chi connectivity index (χ2v) is 8.59. The van der Waals surface area contributed by atoms with Gasteiger partial charge in [0.15, 0.2) is 11.6 Å². The number of nitrogens with zero attached hydrogens (tertiary/aromatic N) is 2. The van der Waals surface area contributed by atoms with Crippen molar-refractivity contribution in [1.82, 2.24) is 10.3 Å². The molecule has 24 heavy (non-hydrogen) atoms. The highest BCUT2D eigenvalue weighted by Gasteiger charge is 2.43. The lowest BCUT2D eigenvalue weighted by Gasteiger charge is -2.21. The van der Waals surface area contributed by atoms with Gasteiger partial charge in [0.2, 0.25) is 0 Å². The molecule has 2 fully saturated rings. The maximum Gasteiger partial charge on any atom is 0.165 e. The highest BCUT2D eigenvalue weighted by atomic mass is 35.5. The zero-order chi connectivity index (χ0) is 16.7. The first-order valence-corrected chi connectivity index (χ1v) is 9.68. The Bertz CT molecular complexity index is 722. The van der Waals surface area contributed by atoms with E-state index in [0.29, 0.717) is 29.7 Å². The number of hydrogen-bond donors (Lipinski definition) is 1. The van der Waals surface area contributed by atoms with Crippen molar-refractivity contribution >= 4 is 28.8 Å². The van der Waals surface area contributed by atoms with E-state index in [1.54, 1.807) is 23.6 Å². The van der Waals surface area contributed by atoms with Crippen LogP contribution in [0.5, 0.6) is 0 Å². The van der Waals surface area contributed by atoms with Gasteiger partial charge in [-0.2, -0.15) is 0 Å². The predicted molar refractivity (Wildman–Crippen MR) is 97.6 cm³/mol. The number of halogens is 2. The zero-order valence-corrected chi connectivity index (χ0v) is 15.2. The van der Waals surface area contributed by atoms with Gasteiger partial charge in [-0.05, 0) is 55.9 Å². The summed E-state index contributed by atoms with van der Waals surface area (Å²) in [6.07, 6.45) is 3.92. The number of aromatic nitrogens is 1. The Kier molecular flexibility index (Phi) is 4.50. The number of anilines is 1. The maximum absolute atomic E-state index is 13.9. The Labute approximate surface area is 150 Å². The van der Waals surface area contributed by atoms with Gasteiger partial charge in [-0.15, -0.1) is 11.3 Å². The first-order chi connectivity index (χ1) is 11.6. The van der Waals surface area contributed by atoms with Gasteiger partial charge in [0.25, 0.3) is 0 Å². The smallest absolute Gasteiger partial charge is 0.165 e. The molecule has 0 aromatic carbocycles. The summed E-state index contributed by atoms with van der Waals surface area (Å²) in [6.45, 7) is 3.94. The Morgan fingerprint density at radius 2 is 2.29 bits per heavy atom. The minimum Gasteiger partial charge on any atom is -0.353 e. The quantitative estimate of drug-likeness (QED) is 0.856. The van der Waals surface area contributed by atoms with E-state index in [2.05, 4.69) is 23.3 Å². The first kappa shape index (κ1) is 16.3. The Balaban J connectivity index is 1.32. The van der Waals surface area contributed by atoms with Gasteiger partial charge in [0.1, 0.15) is 0 Å². The Hall–Kier alpha value is -1.17. The van der Waals surface area contributed by atoms with Crippen molar-refractivity contribution in [2.75, 3.05) is 18.0 Å². The third-order valence-electron chi connectivity index (χ3n) is 5.17. The van der Waals surface area contributed by atoms with Crippen molar-refractivity contribution in [2.24, 2.45) is 5.92 Å². The molecule has 0 amide bonds. The molecule has 2 aliphatic rings. The highest BCUT2D eigenvalue weighted by Crippen LogP contribution is 2.52. The van der Waals surface area contributed by atoms with Crippen LogP contribution >= 0.6 is 22.9 Å². The molecule has 1 saturated heterocycles. The molecule has 6 heteroatoms. The van der Waals surface area contributed by atoms with Crippen LogP contribution in [0.2, 0.25) is 4.34 Å². The van der Waals surface area contributed by atoms with E-state index < -0.39 is 0 Å². The molecule has 2 aromatic rings. The molecule has 0 radical (unpaired) electrons. The van der Waals surface area contributed by atoms with Gasteiger partial charge in [0.05, 0.1) is 4.34 Å². The van der Waals surface area contributed by atoms with Crippen molar-refractivity contribution in [2.45, 2.75) is 37.8 Å². The first-order valence-electron chi connectivity index (χ1n) is 8.48. The number of pyridine rings is 1. The number of rotatable bonds is 5. The van der Waals surface area contributed by atoms with Gasteiger partial charge >= 0.3 is 0 Å². The Morgan fingerprint density at radius 3 is 3.04 bits per heavy atom. The minimum atomic E-state index is -0.233. The molecule has 2 aromatic heterocycles. The second-order valence-electron chi connectivity index (χ2n) is 6.84. The second kappa shape index (κ2) is 6.62. The van der Waals surface area contributed by atoms with E-state index in [4.69, 9.17) is 11.6 Å². The van der Waals surface area contributed by atoms with E-state index in [0.717, 1.165) is 23.8 Å². The van der Waals surface area contributed by atoms with Crippen LogP contribution in [-0.2, 0) is 0 Å². The average Bonchev–Trinajstić information content (AvgIpc) is 3.04. The molecule has 1 N–H and O–H groups in total. The van der Waals surface area contributed by atoms with Crippen LogP contribution in [-0.4, -0.2) is 30.2 Å². The topological polar surface area (TPSA) is 28.2 Å². The van der Waals surface area contributed by atoms with Crippen LogP contribution < -0.4 is 10.2 Å². The van der Waals surface area contributed by atoms with Crippen molar-refractivity contribution in [1.29, 1.82) is 0 Å². The van der Waals surface area contributed by atoms with Crippen LogP contribution in [0.1, 0.15) is 30.6 Å². The van der Waals surface area contributed by atoms with Gasteiger partial charge < -0.3 is 10.2 Å². The standard InChI is InChI=1S/C18H21ClFN3S/c1-11(13-9-14(13)16-4-5-17(19)24-16)22-12-6-8-23(10-12)18-15(20)3-2-7-21-18/h2-5,7,11-14,22H,6,8-10H2,1H3/t11-,12+,13-,14+/m0/s1. The number of nitrogens with one attached hydrogen (secondary N) is 1. The highest BCUT2D eigenvalue weighted by molar-refractivity contribution is 7.16. The molecule has 1 saturated carbocycles. The van der Waals surface area contributed by atoms with E-state index >= 15 is 0 Å². The lowest BCUT2D eigenvalue weighted by molar-refractivity contribution is 0.428. The van der Waals surface area contributed by atoms with E-state index in [9.17, 15) is 4.39 Å². The minimum absolute atomic E-state index is 0.233. The fraction of sp³-hybridized carbons (Fsp3) is 0.500. The van der Waals surface area contributed by atoms with Crippen molar-refractivity contribution in [3.05, 3.63) is 45.5 Å². The summed E-state index contributed by atoms with van der Waals surface area (Å²) in [6, 6.07) is 8.13. The van der Waals surface area contributed by atoms with E-state index in [1.807, 2.05) is 11.0 Å². The lowest BCUT2D eigenvalue weighted by Crippen LogP contribution is -2.40. The lowest BCUT2D eigenvalue weighted by atomic mass is 10.1. The summed E-state index contributed by atoms with van der Waals surface area (Å²) < 4.78 is 14.8. The van der Waals surface area contributed by atoms with Crippen molar-refractivity contribution in [3.8, 4) is 0 Å². The van der Waals surface area contributed by atoms with E-state index in [-0.39, 0.29) is 5.82 Å². The van der Waals surface area contributed by atoms with Crippen LogP contribution in [0.25, 0.3) is 0 Å². The summed E-state index contributed by atoms with van der Waals surface area (Å²) in [5.41, 5.74) is 0. The molecule has 3 nitrogen and oxygen atoms in total. The van der Waals surface area contributed by atoms with Gasteiger partial charge in [-0.1, -0.05) is 11.6 Å². The fourth-order valence-electron chi connectivity index (χ4n) is 3.82. The molecule has 3 heterocycles. The Morgan fingerprint density at radius 1 is 1.42 bits per heavy atom. The van der Waals surface area contributed by atoms with Gasteiger partial charge in [0, 0.05) is 36.2 Å². The third kappa shape index (κ3) is 3.30. The largest absolute Gasteiger partial charge is 0.353 e. The molecule has 1 aliphatic heterocycles. The molecular formula is C18H21ClFN3S. The average molecular weight is 366 g/mol. The third-order valence-corrected chi connectivity index (χ3v) is 6.53. The van der Waals surface area contributed by atoms with Crippen LogP contribution in [0.4, 0.5) is 10.2 Å². The molecule has 128 valence electrons. The number of thiophene rings is 1. The molecule has 4 rings (SSSR count). The summed E-state index contributed by atoms with van der Waals surface area (Å²) in [7, 11) is 0. The van der Waals surface area contributed by atoms with Crippen molar-refractivity contribution < 1.29 is 4.39 Å². The molecular weight excluding hydrogens is 345 g/mol. The van der Waals surface area contributed by atoms with Crippen LogP contribution in [0.3, 0.4) is 0 Å². The molecule has 1 aliphatic carbocycles. The maximum atomic E-state index is 13.9. The SMILES string of the molecule is C[C@H](N[C@@H]1CCN(c2ncccc2F)C1)[C@@H]1C[C@H]1c1ccc(Cl)s1. The fourth-order valence-corrected chi connectivity index (χ4v) is 5.07. The zero-order valence-electron chi connectivity index (χ0n) is 13.6. The van der Waals surface area contributed by atoms with E-state index in [1.165, 1.54) is 17.4 Å². The molecule has 0 spiro atoms. The van der Waals surface area contributed by atoms with Crippen LogP contribution in [0, 0.1) is 11.7 Å². The summed E-state index contributed by atoms with van der Waals surface area (Å²) in [4.78, 5) is 7.64. The molecule has 4 atom stereocenters. The summed E-state index contributed by atoms with van der Waals surface area (Å²) >= 11 is 7.75. The monoisotopic (exact) mass is 365 g/mol. The summed E-state index contributed by atoms with van der Waals surface area (Å²) in [5.74, 6) is 1.58. The van der Waals surface area contributed by atoms with Crippen LogP contribution in [0.15, 0.2) is 30.5 Å². The number of hydrogen-bond acceptors (Lipinski definition) is 4. The summed E-state index contributed by atoms with van der Waals surface area (Å²) in [5, 5.41) is 3.75. The predicted octanol–water partition coefficient (Wildman–Crippen LogP) is 4.30. The van der Waals surface area contributed by atoms with Gasteiger partial charge in [-0.25, -0.2) is 9.37 Å².